The fourth-order valence-electron chi connectivity index (χ4n) is 3.75. The highest BCUT2D eigenvalue weighted by atomic mass is 32.2. The maximum Gasteiger partial charge on any atom is 0.0468 e. The normalized spacial score (nSPS) is 15.5. The zero-order valence-corrected chi connectivity index (χ0v) is 17.0. The second kappa shape index (κ2) is 8.47. The molecule has 0 atom stereocenters. The molecule has 3 heterocycles. The number of unbranched alkanes of at least 4 members (excludes halogenated alkanes) is 1. The van der Waals surface area contributed by atoms with Crippen LogP contribution in [0.4, 0.5) is 0 Å². The molecule has 0 bridgehead atoms. The van der Waals surface area contributed by atoms with Crippen LogP contribution in [0.2, 0.25) is 0 Å². The van der Waals surface area contributed by atoms with Crippen molar-refractivity contribution < 1.29 is 0 Å². The van der Waals surface area contributed by atoms with Gasteiger partial charge in [-0.1, -0.05) is 18.2 Å². The second-order valence-electron chi connectivity index (χ2n) is 6.94. The van der Waals surface area contributed by atoms with Crippen LogP contribution in [-0.4, -0.2) is 35.8 Å². The van der Waals surface area contributed by atoms with Gasteiger partial charge in [-0.25, -0.2) is 0 Å². The van der Waals surface area contributed by atoms with Gasteiger partial charge in [0.1, 0.15) is 0 Å². The molecular weight excluding hydrogens is 356 g/mol. The van der Waals surface area contributed by atoms with Gasteiger partial charge in [0.25, 0.3) is 0 Å². The van der Waals surface area contributed by atoms with E-state index in [1.165, 1.54) is 65.0 Å². The molecule has 1 aliphatic heterocycles. The van der Waals surface area contributed by atoms with E-state index in [1.807, 2.05) is 11.3 Å². The molecule has 1 aromatic carbocycles. The van der Waals surface area contributed by atoms with E-state index in [-0.39, 0.29) is 0 Å². The van der Waals surface area contributed by atoms with Crippen molar-refractivity contribution in [2.45, 2.75) is 30.6 Å². The minimum atomic E-state index is 1.11. The van der Waals surface area contributed by atoms with Crippen molar-refractivity contribution in [1.82, 2.24) is 9.88 Å². The molecule has 0 saturated heterocycles. The molecule has 0 fully saturated rings. The van der Waals surface area contributed by atoms with Crippen LogP contribution in [-0.2, 0) is 6.42 Å². The molecule has 0 unspecified atom stereocenters. The molecule has 0 saturated carbocycles. The van der Waals surface area contributed by atoms with Gasteiger partial charge in [-0.2, -0.15) is 0 Å². The van der Waals surface area contributed by atoms with E-state index in [2.05, 4.69) is 64.1 Å². The highest BCUT2D eigenvalue weighted by molar-refractivity contribution is 7.98. The molecular formula is C22H26N2S2. The molecule has 1 N–H and O–H groups in total. The standard InChI is InChI=1S/C22H26N2S2/c1-25-19-7-8-20-18(16-23-21(20)15-19)5-2-3-11-24-12-9-17(10-13-24)22-6-4-14-26-22/h4,6-9,14-16,23H,2-3,5,10-13H2,1H3. The zero-order chi connectivity index (χ0) is 17.8. The Bertz CT molecular complexity index is 877. The summed E-state index contributed by atoms with van der Waals surface area (Å²) in [6, 6.07) is 11.2. The Morgan fingerprint density at radius 3 is 2.96 bits per heavy atom. The minimum absolute atomic E-state index is 1.11. The SMILES string of the molecule is CSc1ccc2c(CCCCN3CC=C(c4cccs4)CC3)c[nH]c2c1. The van der Waals surface area contributed by atoms with Crippen molar-refractivity contribution in [3.8, 4) is 0 Å². The predicted octanol–water partition coefficient (Wildman–Crippen LogP) is 6.06. The average molecular weight is 383 g/mol. The fraction of sp³-hybridized carbons (Fsp3) is 0.364. The maximum atomic E-state index is 3.44. The summed E-state index contributed by atoms with van der Waals surface area (Å²) in [4.78, 5) is 8.81. The van der Waals surface area contributed by atoms with Crippen LogP contribution in [0.5, 0.6) is 0 Å². The number of nitrogens with zero attached hydrogens (tertiary/aromatic N) is 1. The second-order valence-corrected chi connectivity index (χ2v) is 8.77. The number of benzene rings is 1. The van der Waals surface area contributed by atoms with E-state index in [0.717, 1.165) is 6.54 Å². The third-order valence-electron chi connectivity index (χ3n) is 5.28. The third-order valence-corrected chi connectivity index (χ3v) is 6.95. The Labute approximate surface area is 164 Å². The number of aryl methyl sites for hydroxylation is 1. The highest BCUT2D eigenvalue weighted by Gasteiger charge is 2.13. The number of thioether (sulfide) groups is 1. The number of hydrogen-bond donors (Lipinski definition) is 1. The molecule has 3 aromatic rings. The largest absolute Gasteiger partial charge is 0.361 e. The van der Waals surface area contributed by atoms with Crippen LogP contribution in [0.3, 0.4) is 0 Å². The Kier molecular flexibility index (Phi) is 5.83. The van der Waals surface area contributed by atoms with Crippen LogP contribution >= 0.6 is 23.1 Å². The molecule has 0 radical (unpaired) electrons. The molecule has 0 spiro atoms. The summed E-state index contributed by atoms with van der Waals surface area (Å²) in [5, 5.41) is 3.57. The summed E-state index contributed by atoms with van der Waals surface area (Å²) in [5.74, 6) is 0. The lowest BCUT2D eigenvalue weighted by molar-refractivity contribution is 0.295. The maximum absolute atomic E-state index is 3.44. The zero-order valence-electron chi connectivity index (χ0n) is 15.3. The number of thiophene rings is 1. The Hall–Kier alpha value is -1.49. The van der Waals surface area contributed by atoms with Crippen molar-refractivity contribution in [2.24, 2.45) is 0 Å². The number of hydrogen-bond acceptors (Lipinski definition) is 3. The first-order chi connectivity index (χ1) is 12.8. The smallest absolute Gasteiger partial charge is 0.0468 e. The lowest BCUT2D eigenvalue weighted by Crippen LogP contribution is -2.29. The summed E-state index contributed by atoms with van der Waals surface area (Å²) < 4.78 is 0. The van der Waals surface area contributed by atoms with E-state index < -0.39 is 0 Å². The summed E-state index contributed by atoms with van der Waals surface area (Å²) in [6.07, 6.45) is 11.7. The van der Waals surface area contributed by atoms with Crippen molar-refractivity contribution in [3.05, 3.63) is 58.4 Å². The van der Waals surface area contributed by atoms with Gasteiger partial charge in [-0.05, 0) is 73.2 Å². The molecule has 2 aromatic heterocycles. The van der Waals surface area contributed by atoms with Gasteiger partial charge >= 0.3 is 0 Å². The lowest BCUT2D eigenvalue weighted by Gasteiger charge is -2.25. The summed E-state index contributed by atoms with van der Waals surface area (Å²) in [6.45, 7) is 3.53. The van der Waals surface area contributed by atoms with Gasteiger partial charge in [-0.3, -0.25) is 4.90 Å². The number of H-pyrrole nitrogens is 1. The average Bonchev–Trinajstić information content (AvgIpc) is 3.35. The first-order valence-electron chi connectivity index (χ1n) is 9.43. The minimum Gasteiger partial charge on any atom is -0.361 e. The number of aromatic amines is 1. The van der Waals surface area contributed by atoms with Gasteiger partial charge in [0, 0.05) is 40.0 Å². The lowest BCUT2D eigenvalue weighted by atomic mass is 10.0. The number of rotatable bonds is 7. The van der Waals surface area contributed by atoms with Crippen LogP contribution in [0.15, 0.2) is 52.9 Å². The van der Waals surface area contributed by atoms with Gasteiger partial charge in [0.15, 0.2) is 0 Å². The van der Waals surface area contributed by atoms with Gasteiger partial charge < -0.3 is 4.98 Å². The molecule has 136 valence electrons. The van der Waals surface area contributed by atoms with Crippen LogP contribution < -0.4 is 0 Å². The van der Waals surface area contributed by atoms with Crippen molar-refractivity contribution in [3.63, 3.8) is 0 Å². The number of fused-ring (bicyclic) bond motifs is 1. The van der Waals surface area contributed by atoms with E-state index in [9.17, 15) is 0 Å². The van der Waals surface area contributed by atoms with E-state index in [4.69, 9.17) is 0 Å². The predicted molar refractivity (Wildman–Crippen MR) is 116 cm³/mol. The first-order valence-corrected chi connectivity index (χ1v) is 11.5. The Morgan fingerprint density at radius 1 is 1.23 bits per heavy atom. The molecule has 26 heavy (non-hydrogen) atoms. The first kappa shape index (κ1) is 17.9. The quantitative estimate of drug-likeness (QED) is 0.395. The summed E-state index contributed by atoms with van der Waals surface area (Å²) in [5.41, 5.74) is 4.28. The fourth-order valence-corrected chi connectivity index (χ4v) is 4.99. The molecule has 2 nitrogen and oxygen atoms in total. The molecule has 0 amide bonds. The molecule has 4 rings (SSSR count). The number of nitrogens with one attached hydrogen (secondary N) is 1. The van der Waals surface area contributed by atoms with Crippen LogP contribution in [0.25, 0.3) is 16.5 Å². The van der Waals surface area contributed by atoms with Gasteiger partial charge in [0.2, 0.25) is 0 Å². The molecule has 1 aliphatic rings. The van der Waals surface area contributed by atoms with Gasteiger partial charge in [-0.15, -0.1) is 23.1 Å². The third kappa shape index (κ3) is 4.08. The Morgan fingerprint density at radius 2 is 2.19 bits per heavy atom. The van der Waals surface area contributed by atoms with Crippen LogP contribution in [0, 0.1) is 0 Å². The van der Waals surface area contributed by atoms with E-state index in [0.29, 0.717) is 0 Å². The van der Waals surface area contributed by atoms with E-state index >= 15 is 0 Å². The van der Waals surface area contributed by atoms with Crippen molar-refractivity contribution in [2.75, 3.05) is 25.9 Å². The number of aromatic nitrogens is 1. The van der Waals surface area contributed by atoms with Crippen LogP contribution in [0.1, 0.15) is 29.7 Å². The summed E-state index contributed by atoms with van der Waals surface area (Å²) in [7, 11) is 0. The monoisotopic (exact) mass is 382 g/mol. The van der Waals surface area contributed by atoms with Gasteiger partial charge in [0.05, 0.1) is 0 Å². The molecule has 0 aliphatic carbocycles. The topological polar surface area (TPSA) is 19.0 Å². The Balaban J connectivity index is 1.25. The van der Waals surface area contributed by atoms with Crippen molar-refractivity contribution in [1.29, 1.82) is 0 Å². The summed E-state index contributed by atoms with van der Waals surface area (Å²) >= 11 is 3.66. The molecule has 4 heteroatoms. The van der Waals surface area contributed by atoms with Crippen molar-refractivity contribution >= 4 is 39.6 Å². The van der Waals surface area contributed by atoms with E-state index in [1.54, 1.807) is 17.3 Å². The highest BCUT2D eigenvalue weighted by Crippen LogP contribution is 2.27.